The van der Waals surface area contributed by atoms with Crippen molar-refractivity contribution in [1.29, 1.82) is 0 Å². The predicted molar refractivity (Wildman–Crippen MR) is 69.4 cm³/mol. The molecular weight excluding hydrogens is 260 g/mol. The molecule has 0 saturated carbocycles. The molecule has 6 heteroatoms. The molecule has 0 spiro atoms. The van der Waals surface area contributed by atoms with E-state index in [9.17, 15) is 9.59 Å². The molecule has 0 aliphatic carbocycles. The molecule has 6 nitrogen and oxygen atoms in total. The Hall–Kier alpha value is -2.08. The molecular formula is C14H16N2O4. The molecule has 0 unspecified atom stereocenters. The number of fused-ring (bicyclic) bond motifs is 2. The van der Waals surface area contributed by atoms with Gasteiger partial charge in [-0.1, -0.05) is 30.3 Å². The van der Waals surface area contributed by atoms with Crippen LogP contribution in [-0.2, 0) is 21.0 Å². The number of methoxy groups -OCH3 is 1. The maximum absolute atomic E-state index is 12.1. The molecule has 106 valence electrons. The largest absolute Gasteiger partial charge is 0.467 e. The molecule has 3 rings (SSSR count). The van der Waals surface area contributed by atoms with Crippen molar-refractivity contribution in [3.05, 3.63) is 35.9 Å². The summed E-state index contributed by atoms with van der Waals surface area (Å²) in [6.45, 7) is 0.868. The Balaban J connectivity index is 1.62. The lowest BCUT2D eigenvalue weighted by molar-refractivity contribution is -0.158. The number of ether oxygens (including phenoxy) is 1. The van der Waals surface area contributed by atoms with Gasteiger partial charge in [0.1, 0.15) is 12.6 Å². The second-order valence-corrected chi connectivity index (χ2v) is 4.95. The zero-order valence-electron chi connectivity index (χ0n) is 11.2. The molecule has 2 fully saturated rings. The molecule has 20 heavy (non-hydrogen) atoms. The van der Waals surface area contributed by atoms with Crippen molar-refractivity contribution in [1.82, 2.24) is 9.96 Å². The van der Waals surface area contributed by atoms with Gasteiger partial charge in [-0.3, -0.25) is 4.84 Å². The van der Waals surface area contributed by atoms with Crippen LogP contribution >= 0.6 is 0 Å². The number of carbonyl (C=O) groups is 2. The molecule has 2 atom stereocenters. The Morgan fingerprint density at radius 3 is 2.75 bits per heavy atom. The van der Waals surface area contributed by atoms with Crippen molar-refractivity contribution < 1.29 is 19.2 Å². The van der Waals surface area contributed by atoms with Gasteiger partial charge in [-0.05, 0) is 5.56 Å². The van der Waals surface area contributed by atoms with Gasteiger partial charge in [0, 0.05) is 13.0 Å². The lowest BCUT2D eigenvalue weighted by Gasteiger charge is -2.29. The monoisotopic (exact) mass is 276 g/mol. The average molecular weight is 276 g/mol. The molecule has 2 aliphatic heterocycles. The van der Waals surface area contributed by atoms with Crippen LogP contribution in [0, 0.1) is 0 Å². The van der Waals surface area contributed by atoms with Gasteiger partial charge in [0.2, 0.25) is 0 Å². The number of rotatable bonds is 4. The third kappa shape index (κ3) is 2.12. The third-order valence-electron chi connectivity index (χ3n) is 3.73. The summed E-state index contributed by atoms with van der Waals surface area (Å²) in [4.78, 5) is 30.8. The minimum Gasteiger partial charge on any atom is -0.467 e. The summed E-state index contributed by atoms with van der Waals surface area (Å²) in [6.07, 6.45) is 0.563. The number of esters is 1. The van der Waals surface area contributed by atoms with Crippen molar-refractivity contribution >= 4 is 12.0 Å². The van der Waals surface area contributed by atoms with Gasteiger partial charge in [-0.25, -0.2) is 9.59 Å². The number of carbonyl (C=O) groups excluding carboxylic acids is 2. The fourth-order valence-electron chi connectivity index (χ4n) is 2.72. The molecule has 0 aromatic heterocycles. The van der Waals surface area contributed by atoms with E-state index in [2.05, 4.69) is 0 Å². The summed E-state index contributed by atoms with van der Waals surface area (Å²) in [5, 5.41) is 1.38. The number of hydrogen-bond acceptors (Lipinski definition) is 4. The van der Waals surface area contributed by atoms with Crippen LogP contribution < -0.4 is 0 Å². The van der Waals surface area contributed by atoms with Gasteiger partial charge in [0.05, 0.1) is 13.2 Å². The maximum Gasteiger partial charge on any atom is 0.345 e. The Morgan fingerprint density at radius 2 is 2.10 bits per heavy atom. The van der Waals surface area contributed by atoms with Gasteiger partial charge >= 0.3 is 12.0 Å². The van der Waals surface area contributed by atoms with Gasteiger partial charge in [-0.15, -0.1) is 0 Å². The highest BCUT2D eigenvalue weighted by Crippen LogP contribution is 2.32. The summed E-state index contributed by atoms with van der Waals surface area (Å²) in [5.74, 6) is -0.358. The number of hydroxylamine groups is 2. The summed E-state index contributed by atoms with van der Waals surface area (Å²) >= 11 is 0. The van der Waals surface area contributed by atoms with E-state index in [4.69, 9.17) is 9.57 Å². The van der Waals surface area contributed by atoms with Crippen LogP contribution in [0.5, 0.6) is 0 Å². The fraction of sp³-hybridized carbons (Fsp3) is 0.429. The Bertz CT molecular complexity index is 519. The van der Waals surface area contributed by atoms with E-state index in [1.165, 1.54) is 17.1 Å². The molecule has 0 radical (unpaired) electrons. The van der Waals surface area contributed by atoms with Crippen molar-refractivity contribution in [2.75, 3.05) is 13.7 Å². The smallest absolute Gasteiger partial charge is 0.345 e. The topological polar surface area (TPSA) is 59.1 Å². The highest BCUT2D eigenvalue weighted by molar-refractivity contribution is 5.86. The Morgan fingerprint density at radius 1 is 1.35 bits per heavy atom. The Labute approximate surface area is 116 Å². The lowest BCUT2D eigenvalue weighted by Crippen LogP contribution is -2.48. The first-order valence-electron chi connectivity index (χ1n) is 6.55. The molecule has 2 bridgehead atoms. The molecule has 0 N–H and O–H groups in total. The van der Waals surface area contributed by atoms with Crippen LogP contribution in [0.1, 0.15) is 12.0 Å². The first kappa shape index (κ1) is 12.9. The zero-order valence-corrected chi connectivity index (χ0v) is 11.2. The van der Waals surface area contributed by atoms with E-state index in [1.807, 2.05) is 30.3 Å². The van der Waals surface area contributed by atoms with Crippen LogP contribution in [-0.4, -0.2) is 47.7 Å². The molecule has 2 heterocycles. The van der Waals surface area contributed by atoms with Crippen molar-refractivity contribution in [3.8, 4) is 0 Å². The number of benzene rings is 1. The summed E-state index contributed by atoms with van der Waals surface area (Å²) in [6, 6.07) is 8.86. The average Bonchev–Trinajstić information content (AvgIpc) is 3.04. The van der Waals surface area contributed by atoms with Gasteiger partial charge in [-0.2, -0.15) is 5.06 Å². The van der Waals surface area contributed by atoms with E-state index in [-0.39, 0.29) is 18.0 Å². The fourth-order valence-corrected chi connectivity index (χ4v) is 2.72. The van der Waals surface area contributed by atoms with Crippen LogP contribution in [0.4, 0.5) is 4.79 Å². The summed E-state index contributed by atoms with van der Waals surface area (Å²) < 4.78 is 4.71. The minimum atomic E-state index is -0.464. The highest BCUT2D eigenvalue weighted by atomic mass is 16.7. The highest BCUT2D eigenvalue weighted by Gasteiger charge is 2.52. The molecule has 1 aromatic carbocycles. The van der Waals surface area contributed by atoms with E-state index in [0.717, 1.165) is 5.56 Å². The first-order valence-corrected chi connectivity index (χ1v) is 6.55. The van der Waals surface area contributed by atoms with Crippen molar-refractivity contribution in [2.24, 2.45) is 0 Å². The molecule has 2 aliphatic rings. The minimum absolute atomic E-state index is 0.0738. The van der Waals surface area contributed by atoms with Crippen molar-refractivity contribution in [2.45, 2.75) is 25.1 Å². The standard InChI is InChI=1S/C14H16N2O4/c1-19-13(17)12-7-11-8-15(12)14(18)16(11)20-9-10-5-3-2-4-6-10/h2-6,11-12H,7-9H2,1H3/t11-,12+/m1/s1. The lowest BCUT2D eigenvalue weighted by atomic mass is 10.1. The molecule has 1 aromatic rings. The van der Waals surface area contributed by atoms with E-state index < -0.39 is 6.04 Å². The number of hydrogen-bond donors (Lipinski definition) is 0. The van der Waals surface area contributed by atoms with Gasteiger partial charge in [0.25, 0.3) is 0 Å². The Kier molecular flexibility index (Phi) is 3.31. The van der Waals surface area contributed by atoms with Crippen molar-refractivity contribution in [3.63, 3.8) is 0 Å². The van der Waals surface area contributed by atoms with Crippen LogP contribution in [0.2, 0.25) is 0 Å². The maximum atomic E-state index is 12.1. The summed E-state index contributed by atoms with van der Waals surface area (Å²) in [7, 11) is 1.34. The van der Waals surface area contributed by atoms with Crippen LogP contribution in [0.3, 0.4) is 0 Å². The van der Waals surface area contributed by atoms with E-state index >= 15 is 0 Å². The van der Waals surface area contributed by atoms with Gasteiger partial charge < -0.3 is 9.64 Å². The van der Waals surface area contributed by atoms with Crippen LogP contribution in [0.25, 0.3) is 0 Å². The second kappa shape index (κ2) is 5.13. The zero-order chi connectivity index (χ0) is 14.1. The van der Waals surface area contributed by atoms with E-state index in [1.54, 1.807) is 0 Å². The van der Waals surface area contributed by atoms with Gasteiger partial charge in [0.15, 0.2) is 0 Å². The molecule has 2 amide bonds. The van der Waals surface area contributed by atoms with Crippen LogP contribution in [0.15, 0.2) is 30.3 Å². The second-order valence-electron chi connectivity index (χ2n) is 4.95. The normalized spacial score (nSPS) is 24.4. The first-order chi connectivity index (χ1) is 9.70. The SMILES string of the molecule is COC(=O)[C@@H]1C[C@@H]2CN1C(=O)N2OCc1ccccc1. The number of nitrogens with zero attached hydrogens (tertiary/aromatic N) is 2. The molecule has 2 saturated heterocycles. The van der Waals surface area contributed by atoms with E-state index in [0.29, 0.717) is 19.6 Å². The quantitative estimate of drug-likeness (QED) is 0.775. The summed E-state index contributed by atoms with van der Waals surface area (Å²) in [5.41, 5.74) is 1.00. The number of amides is 2. The predicted octanol–water partition coefficient (Wildman–Crippen LogP) is 1.17. The number of urea groups is 1. The third-order valence-corrected chi connectivity index (χ3v) is 3.73.